The number of aromatic nitrogens is 2. The Morgan fingerprint density at radius 3 is 3.14 bits per heavy atom. The van der Waals surface area contributed by atoms with E-state index in [4.69, 9.17) is 16.3 Å². The third-order valence-corrected chi connectivity index (χ3v) is 4.07. The standard InChI is InChI=1S/C16H20ClN3O/c1-12-7-14(17)5-4-13(12)8-18-15-9-19-20(10-15)11-16-3-2-6-21-16/h4-5,7,9-10,16,18H,2-3,6,8,11H2,1H3. The van der Waals surface area contributed by atoms with Crippen molar-refractivity contribution in [3.05, 3.63) is 46.7 Å². The summed E-state index contributed by atoms with van der Waals surface area (Å²) < 4.78 is 7.58. The van der Waals surface area contributed by atoms with Gasteiger partial charge in [-0.1, -0.05) is 17.7 Å². The first kappa shape index (κ1) is 14.4. The van der Waals surface area contributed by atoms with Crippen molar-refractivity contribution in [2.75, 3.05) is 11.9 Å². The van der Waals surface area contributed by atoms with Gasteiger partial charge < -0.3 is 10.1 Å². The van der Waals surface area contributed by atoms with E-state index in [9.17, 15) is 0 Å². The van der Waals surface area contributed by atoms with Gasteiger partial charge in [-0.3, -0.25) is 4.68 Å². The number of hydrogen-bond acceptors (Lipinski definition) is 3. The molecule has 1 aromatic carbocycles. The third-order valence-electron chi connectivity index (χ3n) is 3.84. The molecule has 112 valence electrons. The fourth-order valence-electron chi connectivity index (χ4n) is 2.61. The maximum absolute atomic E-state index is 5.97. The van der Waals surface area contributed by atoms with Crippen molar-refractivity contribution in [1.29, 1.82) is 0 Å². The summed E-state index contributed by atoms with van der Waals surface area (Å²) in [5.74, 6) is 0. The number of nitrogens with one attached hydrogen (secondary N) is 1. The summed E-state index contributed by atoms with van der Waals surface area (Å²) in [4.78, 5) is 0. The highest BCUT2D eigenvalue weighted by Gasteiger charge is 2.16. The Morgan fingerprint density at radius 2 is 2.38 bits per heavy atom. The highest BCUT2D eigenvalue weighted by Crippen LogP contribution is 2.18. The van der Waals surface area contributed by atoms with Crippen molar-refractivity contribution in [1.82, 2.24) is 9.78 Å². The minimum absolute atomic E-state index is 0.316. The smallest absolute Gasteiger partial charge is 0.0771 e. The Morgan fingerprint density at radius 1 is 1.48 bits per heavy atom. The summed E-state index contributed by atoms with van der Waals surface area (Å²) in [6.45, 7) is 4.56. The molecule has 1 N–H and O–H groups in total. The number of aryl methyl sites for hydroxylation is 1. The van der Waals surface area contributed by atoms with Crippen molar-refractivity contribution in [2.24, 2.45) is 0 Å². The van der Waals surface area contributed by atoms with Gasteiger partial charge in [0, 0.05) is 24.4 Å². The van der Waals surface area contributed by atoms with Gasteiger partial charge in [0.25, 0.3) is 0 Å². The first-order valence-electron chi connectivity index (χ1n) is 7.33. The lowest BCUT2D eigenvalue weighted by atomic mass is 10.1. The molecule has 1 unspecified atom stereocenters. The number of halogens is 1. The van der Waals surface area contributed by atoms with E-state index in [0.717, 1.165) is 43.2 Å². The number of rotatable bonds is 5. The number of anilines is 1. The van der Waals surface area contributed by atoms with E-state index in [2.05, 4.69) is 23.4 Å². The summed E-state index contributed by atoms with van der Waals surface area (Å²) in [6.07, 6.45) is 6.50. The van der Waals surface area contributed by atoms with Gasteiger partial charge in [0.2, 0.25) is 0 Å². The topological polar surface area (TPSA) is 39.1 Å². The zero-order valence-electron chi connectivity index (χ0n) is 12.2. The molecule has 1 aromatic heterocycles. The molecule has 1 saturated heterocycles. The number of nitrogens with zero attached hydrogens (tertiary/aromatic N) is 2. The molecule has 4 nitrogen and oxygen atoms in total. The van der Waals surface area contributed by atoms with Crippen LogP contribution in [0.4, 0.5) is 5.69 Å². The minimum atomic E-state index is 0.316. The molecule has 1 aliphatic heterocycles. The second kappa shape index (κ2) is 6.50. The highest BCUT2D eigenvalue weighted by molar-refractivity contribution is 6.30. The average molecular weight is 306 g/mol. The molecule has 0 aliphatic carbocycles. The number of hydrogen-bond donors (Lipinski definition) is 1. The first-order valence-corrected chi connectivity index (χ1v) is 7.71. The minimum Gasteiger partial charge on any atom is -0.378 e. The highest BCUT2D eigenvalue weighted by atomic mass is 35.5. The van der Waals surface area contributed by atoms with Crippen molar-refractivity contribution in [3.63, 3.8) is 0 Å². The lowest BCUT2D eigenvalue weighted by molar-refractivity contribution is 0.0940. The molecule has 1 aliphatic rings. The van der Waals surface area contributed by atoms with E-state index in [1.54, 1.807) is 0 Å². The molecule has 5 heteroatoms. The number of benzene rings is 1. The molecular weight excluding hydrogens is 286 g/mol. The van der Waals surface area contributed by atoms with Crippen LogP contribution in [0.2, 0.25) is 5.02 Å². The van der Waals surface area contributed by atoms with Gasteiger partial charge in [-0.2, -0.15) is 5.10 Å². The van der Waals surface area contributed by atoms with Crippen LogP contribution in [0.15, 0.2) is 30.6 Å². The van der Waals surface area contributed by atoms with Crippen molar-refractivity contribution in [3.8, 4) is 0 Å². The van der Waals surface area contributed by atoms with Crippen LogP contribution in [0, 0.1) is 6.92 Å². The fraction of sp³-hybridized carbons (Fsp3) is 0.438. The van der Waals surface area contributed by atoms with Gasteiger partial charge in [-0.25, -0.2) is 0 Å². The monoisotopic (exact) mass is 305 g/mol. The Balaban J connectivity index is 1.56. The van der Waals surface area contributed by atoms with E-state index in [0.29, 0.717) is 6.10 Å². The van der Waals surface area contributed by atoms with E-state index in [1.807, 2.05) is 29.2 Å². The molecule has 1 fully saturated rings. The second-order valence-electron chi connectivity index (χ2n) is 5.51. The first-order chi connectivity index (χ1) is 10.2. The second-order valence-corrected chi connectivity index (χ2v) is 5.95. The Kier molecular flexibility index (Phi) is 4.46. The van der Waals surface area contributed by atoms with Crippen LogP contribution in [-0.4, -0.2) is 22.5 Å². The van der Waals surface area contributed by atoms with Crippen LogP contribution in [0.1, 0.15) is 24.0 Å². The Hall–Kier alpha value is -1.52. The third kappa shape index (κ3) is 3.77. The van der Waals surface area contributed by atoms with Crippen LogP contribution in [-0.2, 0) is 17.8 Å². The van der Waals surface area contributed by atoms with Gasteiger partial charge in [0.1, 0.15) is 0 Å². The molecule has 2 heterocycles. The summed E-state index contributed by atoms with van der Waals surface area (Å²) in [5, 5.41) is 8.56. The quantitative estimate of drug-likeness (QED) is 0.916. The maximum atomic E-state index is 5.97. The normalized spacial score (nSPS) is 18.1. The fourth-order valence-corrected chi connectivity index (χ4v) is 2.83. The average Bonchev–Trinajstić information content (AvgIpc) is 3.10. The maximum Gasteiger partial charge on any atom is 0.0771 e. The molecule has 0 radical (unpaired) electrons. The largest absolute Gasteiger partial charge is 0.378 e. The van der Waals surface area contributed by atoms with E-state index >= 15 is 0 Å². The van der Waals surface area contributed by atoms with Crippen LogP contribution < -0.4 is 5.32 Å². The van der Waals surface area contributed by atoms with Gasteiger partial charge in [0.15, 0.2) is 0 Å². The Bertz CT molecular complexity index is 605. The van der Waals surface area contributed by atoms with Crippen molar-refractivity contribution >= 4 is 17.3 Å². The molecule has 0 bridgehead atoms. The molecule has 0 saturated carbocycles. The van der Waals surface area contributed by atoms with Gasteiger partial charge in [-0.15, -0.1) is 0 Å². The summed E-state index contributed by atoms with van der Waals surface area (Å²) in [5.41, 5.74) is 3.47. The van der Waals surface area contributed by atoms with Crippen LogP contribution in [0.5, 0.6) is 0 Å². The van der Waals surface area contributed by atoms with E-state index < -0.39 is 0 Å². The van der Waals surface area contributed by atoms with Gasteiger partial charge in [0.05, 0.1) is 24.5 Å². The zero-order valence-corrected chi connectivity index (χ0v) is 12.9. The molecular formula is C16H20ClN3O. The Labute approximate surface area is 130 Å². The molecule has 1 atom stereocenters. The van der Waals surface area contributed by atoms with E-state index in [-0.39, 0.29) is 0 Å². The summed E-state index contributed by atoms with van der Waals surface area (Å²) in [6, 6.07) is 5.97. The van der Waals surface area contributed by atoms with E-state index in [1.165, 1.54) is 11.1 Å². The molecule has 21 heavy (non-hydrogen) atoms. The van der Waals surface area contributed by atoms with Crippen molar-refractivity contribution in [2.45, 2.75) is 39.0 Å². The zero-order chi connectivity index (χ0) is 14.7. The van der Waals surface area contributed by atoms with Crippen LogP contribution >= 0.6 is 11.6 Å². The lowest BCUT2D eigenvalue weighted by Gasteiger charge is -2.09. The van der Waals surface area contributed by atoms with Crippen LogP contribution in [0.3, 0.4) is 0 Å². The summed E-state index contributed by atoms with van der Waals surface area (Å²) in [7, 11) is 0. The summed E-state index contributed by atoms with van der Waals surface area (Å²) >= 11 is 5.97. The molecule has 0 amide bonds. The van der Waals surface area contributed by atoms with Gasteiger partial charge >= 0.3 is 0 Å². The van der Waals surface area contributed by atoms with Crippen LogP contribution in [0.25, 0.3) is 0 Å². The lowest BCUT2D eigenvalue weighted by Crippen LogP contribution is -2.15. The predicted octanol–water partition coefficient (Wildman–Crippen LogP) is 3.64. The molecule has 3 rings (SSSR count). The van der Waals surface area contributed by atoms with Crippen molar-refractivity contribution < 1.29 is 4.74 Å². The van der Waals surface area contributed by atoms with Gasteiger partial charge in [-0.05, 0) is 43.0 Å². The molecule has 2 aromatic rings. The number of ether oxygens (including phenoxy) is 1. The predicted molar refractivity (Wildman–Crippen MR) is 84.7 cm³/mol. The SMILES string of the molecule is Cc1cc(Cl)ccc1CNc1cnn(CC2CCCO2)c1. The molecule has 0 spiro atoms.